The number of aliphatic hydroxyl groups is 2. The summed E-state index contributed by atoms with van der Waals surface area (Å²) < 4.78 is 19.0. The van der Waals surface area contributed by atoms with Gasteiger partial charge in [0.1, 0.15) is 0 Å². The Morgan fingerprint density at radius 3 is 1.00 bits per heavy atom. The highest BCUT2D eigenvalue weighted by Gasteiger charge is 2.31. The summed E-state index contributed by atoms with van der Waals surface area (Å²) in [5.41, 5.74) is 0. The Bertz CT molecular complexity index is 428. The third-order valence-corrected chi connectivity index (χ3v) is 7.59. The zero-order chi connectivity index (χ0) is 20.1. The lowest BCUT2D eigenvalue weighted by atomic mass is 9.90. The van der Waals surface area contributed by atoms with Crippen molar-refractivity contribution >= 4 is 0 Å². The SMILES string of the molecule is OC1CCCC(OC2CCC(OC3CCC(OC4CCCC(O)C4)CC3)CC2)C1. The molecule has 0 amide bonds. The van der Waals surface area contributed by atoms with E-state index in [0.29, 0.717) is 24.4 Å². The number of hydrogen-bond acceptors (Lipinski definition) is 5. The normalized spacial score (nSPS) is 44.5. The van der Waals surface area contributed by atoms with E-state index in [1.54, 1.807) is 0 Å². The third-order valence-electron chi connectivity index (χ3n) is 7.59. The zero-order valence-electron chi connectivity index (χ0n) is 18.1. The molecule has 0 aliphatic heterocycles. The van der Waals surface area contributed by atoms with Crippen LogP contribution in [-0.2, 0) is 14.2 Å². The van der Waals surface area contributed by atoms with E-state index in [2.05, 4.69) is 0 Å². The van der Waals surface area contributed by atoms with Crippen LogP contribution in [0.3, 0.4) is 0 Å². The summed E-state index contributed by atoms with van der Waals surface area (Å²) in [6.45, 7) is 0. The van der Waals surface area contributed by atoms with E-state index in [1.807, 2.05) is 0 Å². The van der Waals surface area contributed by atoms with E-state index < -0.39 is 0 Å². The summed E-state index contributed by atoms with van der Waals surface area (Å²) in [6.07, 6.45) is 18.5. The van der Waals surface area contributed by atoms with Gasteiger partial charge in [0, 0.05) is 0 Å². The average molecular weight is 411 g/mol. The number of hydrogen-bond donors (Lipinski definition) is 2. The van der Waals surface area contributed by atoms with Gasteiger partial charge in [-0.3, -0.25) is 0 Å². The van der Waals surface area contributed by atoms with E-state index in [1.165, 1.54) is 0 Å². The molecule has 5 nitrogen and oxygen atoms in total. The van der Waals surface area contributed by atoms with Gasteiger partial charge < -0.3 is 24.4 Å². The first-order valence-electron chi connectivity index (χ1n) is 12.5. The van der Waals surface area contributed by atoms with Crippen molar-refractivity contribution < 1.29 is 24.4 Å². The number of rotatable bonds is 6. The molecule has 5 heteroatoms. The van der Waals surface area contributed by atoms with Gasteiger partial charge >= 0.3 is 0 Å². The topological polar surface area (TPSA) is 68.2 Å². The van der Waals surface area contributed by atoms with Crippen molar-refractivity contribution in [3.8, 4) is 0 Å². The largest absolute Gasteiger partial charge is 0.393 e. The van der Waals surface area contributed by atoms with E-state index in [4.69, 9.17) is 14.2 Å². The quantitative estimate of drug-likeness (QED) is 0.685. The minimum atomic E-state index is -0.157. The van der Waals surface area contributed by atoms with E-state index in [-0.39, 0.29) is 24.4 Å². The van der Waals surface area contributed by atoms with E-state index in [0.717, 1.165) is 103 Å². The Morgan fingerprint density at radius 2 is 0.690 bits per heavy atom. The Labute approximate surface area is 176 Å². The van der Waals surface area contributed by atoms with Crippen molar-refractivity contribution in [3.05, 3.63) is 0 Å². The van der Waals surface area contributed by atoms with Crippen LogP contribution in [0.15, 0.2) is 0 Å². The standard InChI is InChI=1S/C24H42O5/c25-17-3-1-5-23(15-17)28-21-11-7-19(8-12-21)27-20-9-13-22(14-10-20)29-24-6-2-4-18(26)16-24/h17-26H,1-16H2. The second-order valence-electron chi connectivity index (χ2n) is 10.1. The number of ether oxygens (including phenoxy) is 3. The molecule has 4 saturated carbocycles. The summed E-state index contributed by atoms with van der Waals surface area (Å²) in [6, 6.07) is 0. The van der Waals surface area contributed by atoms with Gasteiger partial charge in [-0.15, -0.1) is 0 Å². The van der Waals surface area contributed by atoms with E-state index >= 15 is 0 Å². The fraction of sp³-hybridized carbons (Fsp3) is 1.00. The molecule has 2 N–H and O–H groups in total. The van der Waals surface area contributed by atoms with Crippen LogP contribution in [0.4, 0.5) is 0 Å². The molecule has 4 atom stereocenters. The van der Waals surface area contributed by atoms with Gasteiger partial charge in [0.2, 0.25) is 0 Å². The van der Waals surface area contributed by atoms with Crippen LogP contribution in [-0.4, -0.2) is 59.0 Å². The molecule has 0 spiro atoms. The maximum absolute atomic E-state index is 9.84. The fourth-order valence-electron chi connectivity index (χ4n) is 5.91. The van der Waals surface area contributed by atoms with Crippen LogP contribution in [0.5, 0.6) is 0 Å². The van der Waals surface area contributed by atoms with Gasteiger partial charge in [-0.2, -0.15) is 0 Å². The van der Waals surface area contributed by atoms with Gasteiger partial charge in [-0.1, -0.05) is 0 Å². The molecule has 4 aliphatic rings. The lowest BCUT2D eigenvalue weighted by Gasteiger charge is -2.37. The molecule has 4 fully saturated rings. The maximum Gasteiger partial charge on any atom is 0.0603 e. The Morgan fingerprint density at radius 1 is 0.379 bits per heavy atom. The lowest BCUT2D eigenvalue weighted by Crippen LogP contribution is -2.36. The summed E-state index contributed by atoms with van der Waals surface area (Å²) in [4.78, 5) is 0. The average Bonchev–Trinajstić information content (AvgIpc) is 2.71. The summed E-state index contributed by atoms with van der Waals surface area (Å²) in [5.74, 6) is 0. The Hall–Kier alpha value is -0.200. The van der Waals surface area contributed by atoms with Crippen molar-refractivity contribution in [3.63, 3.8) is 0 Å². The zero-order valence-corrected chi connectivity index (χ0v) is 18.1. The molecule has 0 radical (unpaired) electrons. The first kappa shape index (κ1) is 22.0. The molecular weight excluding hydrogens is 368 g/mol. The highest BCUT2D eigenvalue weighted by atomic mass is 16.5. The molecule has 0 bridgehead atoms. The van der Waals surface area contributed by atoms with Crippen molar-refractivity contribution in [2.75, 3.05) is 0 Å². The van der Waals surface area contributed by atoms with Crippen LogP contribution >= 0.6 is 0 Å². The van der Waals surface area contributed by atoms with Crippen LogP contribution < -0.4 is 0 Å². The summed E-state index contributed by atoms with van der Waals surface area (Å²) >= 11 is 0. The molecule has 0 saturated heterocycles. The Balaban J connectivity index is 1.09. The molecule has 168 valence electrons. The maximum atomic E-state index is 9.84. The van der Waals surface area contributed by atoms with Crippen LogP contribution in [0, 0.1) is 0 Å². The van der Waals surface area contributed by atoms with Crippen molar-refractivity contribution in [1.29, 1.82) is 0 Å². The molecule has 0 aromatic heterocycles. The lowest BCUT2D eigenvalue weighted by molar-refractivity contribution is -0.116. The molecule has 4 aliphatic carbocycles. The van der Waals surface area contributed by atoms with Gasteiger partial charge in [0.05, 0.1) is 48.8 Å². The minimum absolute atomic E-state index is 0.157. The first-order valence-corrected chi connectivity index (χ1v) is 12.5. The monoisotopic (exact) mass is 410 g/mol. The van der Waals surface area contributed by atoms with Crippen LogP contribution in [0.25, 0.3) is 0 Å². The summed E-state index contributed by atoms with van der Waals surface area (Å²) in [7, 11) is 0. The molecule has 4 rings (SSSR count). The van der Waals surface area contributed by atoms with Crippen LogP contribution in [0.2, 0.25) is 0 Å². The fourth-order valence-corrected chi connectivity index (χ4v) is 5.91. The molecular formula is C24H42O5. The summed E-state index contributed by atoms with van der Waals surface area (Å²) in [5, 5.41) is 19.7. The minimum Gasteiger partial charge on any atom is -0.393 e. The predicted molar refractivity (Wildman–Crippen MR) is 112 cm³/mol. The van der Waals surface area contributed by atoms with Crippen LogP contribution in [0.1, 0.15) is 103 Å². The second-order valence-corrected chi connectivity index (χ2v) is 10.1. The van der Waals surface area contributed by atoms with Gasteiger partial charge in [-0.05, 0) is 103 Å². The van der Waals surface area contributed by atoms with Gasteiger partial charge in [-0.25, -0.2) is 0 Å². The Kier molecular flexibility index (Phi) is 8.27. The third kappa shape index (κ3) is 6.90. The molecule has 29 heavy (non-hydrogen) atoms. The second kappa shape index (κ2) is 10.9. The smallest absolute Gasteiger partial charge is 0.0603 e. The number of aliphatic hydroxyl groups excluding tert-OH is 2. The van der Waals surface area contributed by atoms with E-state index in [9.17, 15) is 10.2 Å². The first-order chi connectivity index (χ1) is 14.1. The van der Waals surface area contributed by atoms with Gasteiger partial charge in [0.25, 0.3) is 0 Å². The molecule has 0 heterocycles. The van der Waals surface area contributed by atoms with Crippen molar-refractivity contribution in [2.24, 2.45) is 0 Å². The van der Waals surface area contributed by atoms with Gasteiger partial charge in [0.15, 0.2) is 0 Å². The van der Waals surface area contributed by atoms with Crippen molar-refractivity contribution in [1.82, 2.24) is 0 Å². The van der Waals surface area contributed by atoms with Crippen molar-refractivity contribution in [2.45, 2.75) is 152 Å². The highest BCUT2D eigenvalue weighted by molar-refractivity contribution is 4.81. The highest BCUT2D eigenvalue weighted by Crippen LogP contribution is 2.33. The molecule has 0 aromatic rings. The molecule has 4 unspecified atom stereocenters. The molecule has 0 aromatic carbocycles. The predicted octanol–water partition coefficient (Wildman–Crippen LogP) is 4.27.